The fraction of sp³-hybridized carbons (Fsp3) is 0.100. The van der Waals surface area contributed by atoms with Crippen molar-refractivity contribution >= 4 is 51.7 Å². The Balaban J connectivity index is 1.89. The van der Waals surface area contributed by atoms with Crippen molar-refractivity contribution in [3.63, 3.8) is 0 Å². The lowest BCUT2D eigenvalue weighted by atomic mass is 10.1. The molecule has 27 heavy (non-hydrogen) atoms. The van der Waals surface area contributed by atoms with Gasteiger partial charge in [-0.3, -0.25) is 19.8 Å². The van der Waals surface area contributed by atoms with Crippen LogP contribution in [0, 0.1) is 24.0 Å². The van der Waals surface area contributed by atoms with Gasteiger partial charge in [0, 0.05) is 6.07 Å². The first kappa shape index (κ1) is 19.0. The standard InChI is InChI=1S/C20H16N2O3S2/c1-13-7-5-8-14(2)18(13)21-19(23)17(27-20(21)26)12-6-10-15-9-3-4-11-16(15)22(24)25/h3-12H,1-2H3/b10-6+,17-12-. The van der Waals surface area contributed by atoms with Crippen molar-refractivity contribution in [2.24, 2.45) is 0 Å². The van der Waals surface area contributed by atoms with Crippen molar-refractivity contribution < 1.29 is 9.72 Å². The largest absolute Gasteiger partial charge is 0.276 e. The maximum atomic E-state index is 12.8. The summed E-state index contributed by atoms with van der Waals surface area (Å²) in [7, 11) is 0. The third-order valence-corrected chi connectivity index (χ3v) is 5.43. The summed E-state index contributed by atoms with van der Waals surface area (Å²) in [4.78, 5) is 25.5. The normalized spacial score (nSPS) is 15.9. The van der Waals surface area contributed by atoms with Gasteiger partial charge in [0.15, 0.2) is 4.32 Å². The van der Waals surface area contributed by atoms with Crippen LogP contribution in [0.15, 0.2) is 59.5 Å². The molecule has 0 saturated carbocycles. The highest BCUT2D eigenvalue weighted by atomic mass is 32.2. The predicted octanol–water partition coefficient (Wildman–Crippen LogP) is 5.17. The average Bonchev–Trinajstić information content (AvgIpc) is 2.90. The van der Waals surface area contributed by atoms with E-state index in [1.165, 1.54) is 17.8 Å². The molecule has 1 saturated heterocycles. The van der Waals surface area contributed by atoms with Crippen molar-refractivity contribution in [1.82, 2.24) is 0 Å². The summed E-state index contributed by atoms with van der Waals surface area (Å²) in [5.74, 6) is -0.186. The van der Waals surface area contributed by atoms with E-state index in [1.54, 1.807) is 41.3 Å². The zero-order valence-electron chi connectivity index (χ0n) is 14.7. The van der Waals surface area contributed by atoms with Crippen molar-refractivity contribution in [3.05, 3.63) is 86.3 Å². The molecule has 1 fully saturated rings. The molecule has 0 radical (unpaired) electrons. The maximum Gasteiger partial charge on any atom is 0.276 e. The van der Waals surface area contributed by atoms with Gasteiger partial charge < -0.3 is 0 Å². The molecule has 0 unspecified atom stereocenters. The Morgan fingerprint density at radius 3 is 2.44 bits per heavy atom. The number of amides is 1. The van der Waals surface area contributed by atoms with Crippen LogP contribution in [0.4, 0.5) is 11.4 Å². The molecule has 0 spiro atoms. The van der Waals surface area contributed by atoms with Crippen LogP contribution in [-0.4, -0.2) is 15.2 Å². The highest BCUT2D eigenvalue weighted by Crippen LogP contribution is 2.37. The molecule has 1 heterocycles. The zero-order chi connectivity index (χ0) is 19.6. The van der Waals surface area contributed by atoms with E-state index in [0.29, 0.717) is 14.8 Å². The molecular formula is C20H16N2O3S2. The lowest BCUT2D eigenvalue weighted by Crippen LogP contribution is -2.29. The van der Waals surface area contributed by atoms with E-state index >= 15 is 0 Å². The van der Waals surface area contributed by atoms with E-state index in [1.807, 2.05) is 32.0 Å². The van der Waals surface area contributed by atoms with Gasteiger partial charge in [-0.1, -0.05) is 60.4 Å². The number of allylic oxidation sites excluding steroid dienone is 2. The van der Waals surface area contributed by atoms with Crippen LogP contribution in [-0.2, 0) is 4.79 Å². The molecule has 2 aromatic rings. The van der Waals surface area contributed by atoms with Crippen LogP contribution >= 0.6 is 24.0 Å². The monoisotopic (exact) mass is 396 g/mol. The Morgan fingerprint density at radius 2 is 1.78 bits per heavy atom. The zero-order valence-corrected chi connectivity index (χ0v) is 16.3. The topological polar surface area (TPSA) is 63.5 Å². The van der Waals surface area contributed by atoms with Gasteiger partial charge in [0.25, 0.3) is 11.6 Å². The second kappa shape index (κ2) is 7.85. The molecule has 5 nitrogen and oxygen atoms in total. The van der Waals surface area contributed by atoms with E-state index in [2.05, 4.69) is 0 Å². The van der Waals surface area contributed by atoms with Gasteiger partial charge in [-0.05, 0) is 43.2 Å². The fourth-order valence-electron chi connectivity index (χ4n) is 2.87. The van der Waals surface area contributed by atoms with E-state index < -0.39 is 4.92 Å². The lowest BCUT2D eigenvalue weighted by molar-refractivity contribution is -0.385. The highest BCUT2D eigenvalue weighted by Gasteiger charge is 2.34. The summed E-state index contributed by atoms with van der Waals surface area (Å²) in [5, 5.41) is 11.1. The van der Waals surface area contributed by atoms with Crippen LogP contribution < -0.4 is 4.90 Å². The third-order valence-electron chi connectivity index (χ3n) is 4.11. The molecule has 0 atom stereocenters. The van der Waals surface area contributed by atoms with Crippen LogP contribution in [0.1, 0.15) is 16.7 Å². The number of aryl methyl sites for hydroxylation is 2. The summed E-state index contributed by atoms with van der Waals surface area (Å²) < 4.78 is 0.475. The molecule has 1 amide bonds. The predicted molar refractivity (Wildman–Crippen MR) is 114 cm³/mol. The van der Waals surface area contributed by atoms with Gasteiger partial charge >= 0.3 is 0 Å². The first-order chi connectivity index (χ1) is 12.9. The molecular weight excluding hydrogens is 380 g/mol. The van der Waals surface area contributed by atoms with Gasteiger partial charge in [0.2, 0.25) is 0 Å². The molecule has 3 rings (SSSR count). The summed E-state index contributed by atoms with van der Waals surface area (Å²) in [6.45, 7) is 3.89. The number of thiocarbonyl (C=S) groups is 1. The summed E-state index contributed by atoms with van der Waals surface area (Å²) in [5.41, 5.74) is 3.26. The summed E-state index contributed by atoms with van der Waals surface area (Å²) in [6.07, 6.45) is 4.90. The number of para-hydroxylation sites is 2. The summed E-state index contributed by atoms with van der Waals surface area (Å²) in [6, 6.07) is 12.3. The number of thioether (sulfide) groups is 1. The van der Waals surface area contributed by atoms with Crippen molar-refractivity contribution in [1.29, 1.82) is 0 Å². The Labute approximate surface area is 166 Å². The number of nitrogens with zero attached hydrogens (tertiary/aromatic N) is 2. The average molecular weight is 396 g/mol. The van der Waals surface area contributed by atoms with Crippen LogP contribution in [0.5, 0.6) is 0 Å². The van der Waals surface area contributed by atoms with Crippen molar-refractivity contribution in [3.8, 4) is 0 Å². The van der Waals surface area contributed by atoms with Crippen LogP contribution in [0.3, 0.4) is 0 Å². The molecule has 7 heteroatoms. The molecule has 136 valence electrons. The first-order valence-electron chi connectivity index (χ1n) is 8.14. The quantitative estimate of drug-likeness (QED) is 0.309. The molecule has 0 bridgehead atoms. The Kier molecular flexibility index (Phi) is 5.53. The van der Waals surface area contributed by atoms with Crippen LogP contribution in [0.25, 0.3) is 6.08 Å². The molecule has 1 aliphatic heterocycles. The number of carbonyl (C=O) groups is 1. The number of rotatable bonds is 4. The van der Waals surface area contributed by atoms with E-state index in [0.717, 1.165) is 16.8 Å². The molecule has 0 aliphatic carbocycles. The second-order valence-corrected chi connectivity index (χ2v) is 7.63. The van der Waals surface area contributed by atoms with Gasteiger partial charge in [-0.15, -0.1) is 0 Å². The Bertz CT molecular complexity index is 992. The Morgan fingerprint density at radius 1 is 1.11 bits per heavy atom. The van der Waals surface area contributed by atoms with E-state index in [9.17, 15) is 14.9 Å². The SMILES string of the molecule is Cc1cccc(C)c1N1C(=O)/C(=C/C=C/c2ccccc2[N+](=O)[O-])SC1=S. The number of anilines is 1. The maximum absolute atomic E-state index is 12.8. The van der Waals surface area contributed by atoms with Gasteiger partial charge in [0.05, 0.1) is 21.1 Å². The highest BCUT2D eigenvalue weighted by molar-refractivity contribution is 8.27. The second-order valence-electron chi connectivity index (χ2n) is 5.95. The minimum absolute atomic E-state index is 0.0187. The number of carbonyl (C=O) groups excluding carboxylic acids is 1. The molecule has 1 aliphatic rings. The number of nitro groups is 1. The third kappa shape index (κ3) is 3.84. The minimum Gasteiger partial charge on any atom is -0.268 e. The van der Waals surface area contributed by atoms with Gasteiger partial charge in [-0.25, -0.2) is 0 Å². The first-order valence-corrected chi connectivity index (χ1v) is 9.37. The molecule has 0 aromatic heterocycles. The number of hydrogen-bond donors (Lipinski definition) is 0. The lowest BCUT2D eigenvalue weighted by Gasteiger charge is -2.19. The van der Waals surface area contributed by atoms with Gasteiger partial charge in [0.1, 0.15) is 0 Å². The summed E-state index contributed by atoms with van der Waals surface area (Å²) >= 11 is 6.63. The number of nitro benzene ring substituents is 1. The number of benzene rings is 2. The van der Waals surface area contributed by atoms with Crippen molar-refractivity contribution in [2.75, 3.05) is 4.90 Å². The Hall–Kier alpha value is -2.77. The minimum atomic E-state index is -0.430. The van der Waals surface area contributed by atoms with E-state index in [4.69, 9.17) is 12.2 Å². The van der Waals surface area contributed by atoms with Crippen LogP contribution in [0.2, 0.25) is 0 Å². The molecule has 2 aromatic carbocycles. The fourth-order valence-corrected chi connectivity index (χ4v) is 4.09. The smallest absolute Gasteiger partial charge is 0.268 e. The molecule has 0 N–H and O–H groups in total. The van der Waals surface area contributed by atoms with E-state index in [-0.39, 0.29) is 11.6 Å². The number of hydrogen-bond acceptors (Lipinski definition) is 5. The van der Waals surface area contributed by atoms with Crippen molar-refractivity contribution in [2.45, 2.75) is 13.8 Å². The van der Waals surface area contributed by atoms with Gasteiger partial charge in [-0.2, -0.15) is 0 Å².